The van der Waals surface area contributed by atoms with Crippen LogP contribution in [0.1, 0.15) is 5.56 Å². The largest absolute Gasteiger partial charge is 0.467 e. The van der Waals surface area contributed by atoms with Gasteiger partial charge in [0, 0.05) is 24.5 Å². The zero-order valence-electron chi connectivity index (χ0n) is 11.4. The molecule has 1 N–H and O–H groups in total. The molecule has 2 bridgehead atoms. The summed E-state index contributed by atoms with van der Waals surface area (Å²) in [4.78, 5) is 21.3. The topological polar surface area (TPSA) is 122 Å². The van der Waals surface area contributed by atoms with Crippen molar-refractivity contribution >= 4 is 22.0 Å². The fraction of sp³-hybridized carbons (Fsp3) is 0.364. The molecule has 0 aliphatic carbocycles. The Hall–Kier alpha value is -2.24. The van der Waals surface area contributed by atoms with Crippen LogP contribution in [-0.4, -0.2) is 65.2 Å². The average molecular weight is 328 g/mol. The van der Waals surface area contributed by atoms with E-state index < -0.39 is 22.5 Å². The maximum Gasteiger partial charge on any atom is 0.418 e. The number of carbonyl (C=O) groups excluding carboxylic acids is 1. The molecule has 118 valence electrons. The fourth-order valence-electron chi connectivity index (χ4n) is 2.42. The highest BCUT2D eigenvalue weighted by Crippen LogP contribution is 2.32. The number of carbonyl (C=O) groups is 1. The van der Waals surface area contributed by atoms with Crippen molar-refractivity contribution in [3.8, 4) is 6.01 Å². The van der Waals surface area contributed by atoms with Crippen molar-refractivity contribution in [1.29, 1.82) is 0 Å². The summed E-state index contributed by atoms with van der Waals surface area (Å²) in [5, 5.41) is 0.637. The van der Waals surface area contributed by atoms with Gasteiger partial charge in [0.15, 0.2) is 0 Å². The molecule has 1 aromatic heterocycles. The van der Waals surface area contributed by atoms with Crippen LogP contribution in [0.3, 0.4) is 0 Å². The first-order valence-electron chi connectivity index (χ1n) is 6.20. The van der Waals surface area contributed by atoms with Crippen molar-refractivity contribution < 1.29 is 26.8 Å². The van der Waals surface area contributed by atoms with Gasteiger partial charge in [-0.05, 0) is 5.57 Å². The standard InChI is InChI=1S/C11H12N4O6S/c1-20-10-12-4-7(5-13-10)8-2-3-14-6-9(8)15(11(14)16)21-22(17,18)19/h2,4-5,9H,3,6H2,1H3,(H,17,18,19). The van der Waals surface area contributed by atoms with Gasteiger partial charge >= 0.3 is 22.4 Å². The van der Waals surface area contributed by atoms with Crippen LogP contribution in [0, 0.1) is 0 Å². The molecule has 3 heterocycles. The molecule has 0 aromatic carbocycles. The Bertz CT molecular complexity index is 731. The summed E-state index contributed by atoms with van der Waals surface area (Å²) in [6.45, 7) is 0.536. The third kappa shape index (κ3) is 2.61. The maximum absolute atomic E-state index is 12.0. The predicted molar refractivity (Wildman–Crippen MR) is 71.8 cm³/mol. The van der Waals surface area contributed by atoms with Crippen molar-refractivity contribution in [3.63, 3.8) is 0 Å². The smallest absolute Gasteiger partial charge is 0.418 e. The monoisotopic (exact) mass is 328 g/mol. The van der Waals surface area contributed by atoms with Gasteiger partial charge in [-0.1, -0.05) is 6.08 Å². The molecule has 2 aliphatic rings. The third-order valence-electron chi connectivity index (χ3n) is 3.34. The van der Waals surface area contributed by atoms with Crippen molar-refractivity contribution in [1.82, 2.24) is 19.9 Å². The molecule has 1 atom stereocenters. The number of nitrogens with zero attached hydrogens (tertiary/aromatic N) is 4. The Morgan fingerprint density at radius 1 is 1.36 bits per heavy atom. The number of ether oxygens (including phenoxy) is 1. The van der Waals surface area contributed by atoms with E-state index in [1.807, 2.05) is 0 Å². The number of hydroxylamine groups is 2. The molecular weight excluding hydrogens is 316 g/mol. The van der Waals surface area contributed by atoms with Gasteiger partial charge in [-0.25, -0.2) is 14.8 Å². The predicted octanol–water partition coefficient (Wildman–Crippen LogP) is -0.277. The molecule has 3 rings (SSSR count). The minimum absolute atomic E-state index is 0.190. The van der Waals surface area contributed by atoms with Gasteiger partial charge in [0.05, 0.1) is 13.7 Å². The first-order chi connectivity index (χ1) is 10.4. The molecule has 22 heavy (non-hydrogen) atoms. The van der Waals surface area contributed by atoms with E-state index >= 15 is 0 Å². The van der Waals surface area contributed by atoms with Crippen molar-refractivity contribution in [2.45, 2.75) is 6.04 Å². The molecule has 0 spiro atoms. The average Bonchev–Trinajstić information content (AvgIpc) is 2.71. The van der Waals surface area contributed by atoms with E-state index in [9.17, 15) is 13.2 Å². The van der Waals surface area contributed by atoms with Gasteiger partial charge in [-0.3, -0.25) is 4.55 Å². The Morgan fingerprint density at radius 3 is 2.64 bits per heavy atom. The first kappa shape index (κ1) is 14.7. The molecule has 1 fully saturated rings. The highest BCUT2D eigenvalue weighted by atomic mass is 32.3. The zero-order chi connectivity index (χ0) is 15.9. The van der Waals surface area contributed by atoms with Crippen LogP contribution in [-0.2, 0) is 14.7 Å². The molecule has 11 heteroatoms. The van der Waals surface area contributed by atoms with Gasteiger partial charge in [0.25, 0.3) is 0 Å². The summed E-state index contributed by atoms with van der Waals surface area (Å²) in [5.74, 6) is 0. The lowest BCUT2D eigenvalue weighted by Gasteiger charge is -2.23. The molecule has 1 unspecified atom stereocenters. The van der Waals surface area contributed by atoms with Gasteiger partial charge < -0.3 is 9.64 Å². The SMILES string of the molecule is COc1ncc(C2=CCN3CC2N(OS(=O)(=O)O)C3=O)cn1. The quantitative estimate of drug-likeness (QED) is 0.749. The van der Waals surface area contributed by atoms with Gasteiger partial charge in [0.1, 0.15) is 6.04 Å². The van der Waals surface area contributed by atoms with Gasteiger partial charge in [-0.15, -0.1) is 4.28 Å². The maximum atomic E-state index is 12.0. The van der Waals surface area contributed by atoms with Crippen LogP contribution in [0.25, 0.3) is 5.57 Å². The molecule has 0 radical (unpaired) electrons. The van der Waals surface area contributed by atoms with Crippen molar-refractivity contribution in [2.75, 3.05) is 20.2 Å². The number of rotatable bonds is 4. The molecule has 2 amide bonds. The summed E-state index contributed by atoms with van der Waals surface area (Å²) in [6.07, 6.45) is 4.76. The van der Waals surface area contributed by atoms with E-state index in [-0.39, 0.29) is 12.6 Å². The Balaban J connectivity index is 1.92. The van der Waals surface area contributed by atoms with Crippen LogP contribution in [0.15, 0.2) is 18.5 Å². The Kier molecular flexibility index (Phi) is 3.47. The lowest BCUT2D eigenvalue weighted by molar-refractivity contribution is -0.0160. The second-order valence-corrected chi connectivity index (χ2v) is 5.65. The zero-order valence-corrected chi connectivity index (χ0v) is 12.2. The third-order valence-corrected chi connectivity index (χ3v) is 3.69. The number of hydrogen-bond donors (Lipinski definition) is 1. The minimum Gasteiger partial charge on any atom is -0.467 e. The second kappa shape index (κ2) is 5.19. The van der Waals surface area contributed by atoms with Crippen LogP contribution in [0.5, 0.6) is 6.01 Å². The number of fused-ring (bicyclic) bond motifs is 2. The van der Waals surface area contributed by atoms with E-state index in [1.54, 1.807) is 6.08 Å². The van der Waals surface area contributed by atoms with Crippen LogP contribution in [0.2, 0.25) is 0 Å². The van der Waals surface area contributed by atoms with Crippen LogP contribution < -0.4 is 4.74 Å². The Morgan fingerprint density at radius 2 is 2.05 bits per heavy atom. The van der Waals surface area contributed by atoms with E-state index in [0.29, 0.717) is 22.7 Å². The minimum atomic E-state index is -4.80. The van der Waals surface area contributed by atoms with E-state index in [4.69, 9.17) is 9.29 Å². The summed E-state index contributed by atoms with van der Waals surface area (Å²) in [5.41, 5.74) is 1.23. The van der Waals surface area contributed by atoms with Gasteiger partial charge in [0.2, 0.25) is 0 Å². The number of aromatic nitrogens is 2. The highest BCUT2D eigenvalue weighted by Gasteiger charge is 2.45. The number of methoxy groups -OCH3 is 1. The second-order valence-electron chi connectivity index (χ2n) is 4.65. The molecular formula is C11H12N4O6S. The van der Waals surface area contributed by atoms with Crippen molar-refractivity contribution in [2.24, 2.45) is 0 Å². The molecule has 1 saturated heterocycles. The normalized spacial score (nSPS) is 21.1. The van der Waals surface area contributed by atoms with E-state index in [1.165, 1.54) is 24.4 Å². The van der Waals surface area contributed by atoms with Crippen LogP contribution >= 0.6 is 0 Å². The van der Waals surface area contributed by atoms with Crippen molar-refractivity contribution in [3.05, 3.63) is 24.0 Å². The Labute approximate surface area is 125 Å². The van der Waals surface area contributed by atoms with Crippen LogP contribution in [0.4, 0.5) is 4.79 Å². The lowest BCUT2D eigenvalue weighted by atomic mass is 9.99. The molecule has 2 aliphatic heterocycles. The van der Waals surface area contributed by atoms with Gasteiger partial charge in [-0.2, -0.15) is 13.5 Å². The summed E-state index contributed by atoms with van der Waals surface area (Å²) in [6, 6.07) is -1.13. The molecule has 1 aromatic rings. The molecule has 10 nitrogen and oxygen atoms in total. The number of amides is 2. The molecule has 0 saturated carbocycles. The number of urea groups is 1. The fourth-order valence-corrected chi connectivity index (χ4v) is 2.79. The summed E-state index contributed by atoms with van der Waals surface area (Å²) in [7, 11) is -3.36. The highest BCUT2D eigenvalue weighted by molar-refractivity contribution is 7.80. The number of hydrogen-bond acceptors (Lipinski definition) is 7. The van der Waals surface area contributed by atoms with E-state index in [0.717, 1.165) is 0 Å². The first-order valence-corrected chi connectivity index (χ1v) is 7.57. The summed E-state index contributed by atoms with van der Waals surface area (Å²) < 4.78 is 39.9. The van der Waals surface area contributed by atoms with E-state index in [2.05, 4.69) is 14.3 Å². The summed E-state index contributed by atoms with van der Waals surface area (Å²) >= 11 is 0. The lowest BCUT2D eigenvalue weighted by Crippen LogP contribution is -2.36.